The first-order valence-corrected chi connectivity index (χ1v) is 14.4. The predicted octanol–water partition coefficient (Wildman–Crippen LogP) is 8.41. The zero-order valence-corrected chi connectivity index (χ0v) is 22.8. The molecule has 0 radical (unpaired) electrons. The van der Waals surface area contributed by atoms with Gasteiger partial charge >= 0.3 is 35.6 Å². The van der Waals surface area contributed by atoms with Gasteiger partial charge in [0.25, 0.3) is 0 Å². The standard InChI is InChI=1S/C25H35NO.2ClH.Ti/c1-23(2,3)18-13-19(24(4,5)6)15-20(14-18)26-16-17-11-10-12-21(22(17)27)25(7,8)9;;;/h10-16,27H,1-9H3;2*1H;/q;;;+2/p-2. The van der Waals surface area contributed by atoms with Crippen molar-refractivity contribution in [2.24, 2.45) is 4.99 Å². The van der Waals surface area contributed by atoms with Gasteiger partial charge in [0.2, 0.25) is 0 Å². The fourth-order valence-electron chi connectivity index (χ4n) is 2.97. The molecule has 0 heterocycles. The summed E-state index contributed by atoms with van der Waals surface area (Å²) >= 11 is -0.556. The van der Waals surface area contributed by atoms with Crippen molar-refractivity contribution in [3.05, 3.63) is 58.7 Å². The van der Waals surface area contributed by atoms with Crippen LogP contribution in [0.4, 0.5) is 5.69 Å². The van der Waals surface area contributed by atoms with Crippen LogP contribution in [0.25, 0.3) is 0 Å². The number of nitrogens with zero attached hydrogens (tertiary/aromatic N) is 1. The van der Waals surface area contributed by atoms with Crippen molar-refractivity contribution in [3.63, 3.8) is 0 Å². The van der Waals surface area contributed by atoms with Crippen molar-refractivity contribution >= 4 is 30.5 Å². The number of phenols is 1. The van der Waals surface area contributed by atoms with Crippen LogP contribution >= 0.6 is 18.6 Å². The van der Waals surface area contributed by atoms with Gasteiger partial charge in [-0.1, -0.05) is 80.5 Å². The molecule has 30 heavy (non-hydrogen) atoms. The molecule has 164 valence electrons. The molecule has 0 amide bonds. The molecule has 2 aromatic carbocycles. The summed E-state index contributed by atoms with van der Waals surface area (Å²) in [4.78, 5) is 4.72. The Labute approximate surface area is 199 Å². The van der Waals surface area contributed by atoms with Crippen molar-refractivity contribution < 1.29 is 22.1 Å². The number of phenolic OH excluding ortho intramolecular Hbond substituents is 1. The number of aliphatic imine (C=N–C) groups is 1. The molecule has 5 heteroatoms. The summed E-state index contributed by atoms with van der Waals surface area (Å²) in [6, 6.07) is 12.5. The maximum absolute atomic E-state index is 10.7. The molecule has 0 saturated heterocycles. The quantitative estimate of drug-likeness (QED) is 0.337. The van der Waals surface area contributed by atoms with E-state index in [2.05, 4.69) is 80.5 Å². The third-order valence-electron chi connectivity index (χ3n) is 4.88. The molecule has 0 unspecified atom stereocenters. The molecule has 1 N–H and O–H groups in total. The van der Waals surface area contributed by atoms with Gasteiger partial charge in [0.1, 0.15) is 5.75 Å². The van der Waals surface area contributed by atoms with Crippen LogP contribution in [0.1, 0.15) is 84.6 Å². The van der Waals surface area contributed by atoms with E-state index in [9.17, 15) is 5.11 Å². The Hall–Kier alpha value is -0.796. The van der Waals surface area contributed by atoms with Crippen LogP contribution < -0.4 is 0 Å². The van der Waals surface area contributed by atoms with E-state index in [4.69, 9.17) is 23.6 Å². The number of hydrogen-bond acceptors (Lipinski definition) is 2. The Morgan fingerprint density at radius 3 is 1.67 bits per heavy atom. The first-order chi connectivity index (χ1) is 13.6. The summed E-state index contributed by atoms with van der Waals surface area (Å²) in [5.74, 6) is 0.316. The zero-order valence-electron chi connectivity index (χ0n) is 19.7. The van der Waals surface area contributed by atoms with Crippen molar-refractivity contribution in [1.82, 2.24) is 0 Å². The second-order valence-corrected chi connectivity index (χ2v) is 13.2. The molecule has 0 aromatic heterocycles. The Bertz CT molecular complexity index is 840. The first kappa shape index (κ1) is 27.2. The molecular weight excluding hydrogens is 449 g/mol. The summed E-state index contributed by atoms with van der Waals surface area (Å²) in [6.45, 7) is 19.6. The van der Waals surface area contributed by atoms with Crippen molar-refractivity contribution in [3.8, 4) is 5.75 Å². The third kappa shape index (κ3) is 8.04. The van der Waals surface area contributed by atoms with Crippen LogP contribution in [0.2, 0.25) is 0 Å². The Morgan fingerprint density at radius 1 is 0.800 bits per heavy atom. The van der Waals surface area contributed by atoms with Crippen molar-refractivity contribution in [1.29, 1.82) is 0 Å². The van der Waals surface area contributed by atoms with Gasteiger partial charge in [0.15, 0.2) is 0 Å². The zero-order chi connectivity index (χ0) is 23.3. The average molecular weight is 484 g/mol. The van der Waals surface area contributed by atoms with Crippen LogP contribution in [-0.2, 0) is 33.3 Å². The van der Waals surface area contributed by atoms with Gasteiger partial charge in [-0.05, 0) is 51.1 Å². The van der Waals surface area contributed by atoms with E-state index in [1.807, 2.05) is 18.2 Å². The molecular formula is C25H35Cl2NOTi. The third-order valence-corrected chi connectivity index (χ3v) is 4.88. The summed E-state index contributed by atoms with van der Waals surface area (Å²) in [5, 5.41) is 10.7. The molecule has 2 nitrogen and oxygen atoms in total. The Morgan fingerprint density at radius 2 is 1.27 bits per heavy atom. The second kappa shape index (κ2) is 10.7. The van der Waals surface area contributed by atoms with E-state index in [1.165, 1.54) is 11.1 Å². The molecule has 0 aliphatic rings. The molecule has 0 bridgehead atoms. The summed E-state index contributed by atoms with van der Waals surface area (Å²) < 4.78 is 0. The summed E-state index contributed by atoms with van der Waals surface area (Å²) in [7, 11) is 9.78. The van der Waals surface area contributed by atoms with E-state index in [1.54, 1.807) is 6.21 Å². The molecule has 2 aromatic rings. The van der Waals surface area contributed by atoms with Gasteiger partial charge in [0.05, 0.1) is 5.69 Å². The number of halogens is 2. The van der Waals surface area contributed by atoms with Crippen LogP contribution in [-0.4, -0.2) is 11.3 Å². The van der Waals surface area contributed by atoms with E-state index >= 15 is 0 Å². The number of hydrogen-bond donors (Lipinski definition) is 1. The van der Waals surface area contributed by atoms with Gasteiger partial charge in [-0.25, -0.2) is 0 Å². The Balaban J connectivity index is 0.00000141. The van der Waals surface area contributed by atoms with Crippen molar-refractivity contribution in [2.75, 3.05) is 0 Å². The maximum atomic E-state index is 10.7. The minimum absolute atomic E-state index is 0.0554. The SMILES string of the molecule is CC(C)(C)c1cc(N=Cc2cccc(C(C)(C)C)c2O)cc(C(C)(C)C)c1.[Cl][Ti][Cl]. The van der Waals surface area contributed by atoms with Crippen LogP contribution in [0.5, 0.6) is 5.75 Å². The normalized spacial score (nSPS) is 12.5. The average Bonchev–Trinajstić information content (AvgIpc) is 2.59. The monoisotopic (exact) mass is 483 g/mol. The van der Waals surface area contributed by atoms with E-state index in [0.29, 0.717) is 5.75 Å². The molecule has 2 rings (SSSR count). The summed E-state index contributed by atoms with van der Waals surface area (Å²) in [5.41, 5.74) is 5.16. The van der Waals surface area contributed by atoms with Gasteiger partial charge in [-0.15, -0.1) is 0 Å². The van der Waals surface area contributed by atoms with Crippen molar-refractivity contribution in [2.45, 2.75) is 78.6 Å². The van der Waals surface area contributed by atoms with Gasteiger partial charge in [-0.3, -0.25) is 4.99 Å². The molecule has 0 spiro atoms. The number of para-hydroxylation sites is 1. The fraction of sp³-hybridized carbons (Fsp3) is 0.480. The van der Waals surface area contributed by atoms with Crippen LogP contribution in [0.15, 0.2) is 41.4 Å². The van der Waals surface area contributed by atoms with Gasteiger partial charge < -0.3 is 5.11 Å². The number of benzene rings is 2. The van der Waals surface area contributed by atoms with Gasteiger partial charge in [-0.2, -0.15) is 0 Å². The van der Waals surface area contributed by atoms with Gasteiger partial charge in [0, 0.05) is 11.8 Å². The molecule has 0 aliphatic heterocycles. The second-order valence-electron chi connectivity index (χ2n) is 10.6. The predicted molar refractivity (Wildman–Crippen MR) is 130 cm³/mol. The molecule has 0 fully saturated rings. The minimum atomic E-state index is -0.556. The van der Waals surface area contributed by atoms with E-state index in [-0.39, 0.29) is 16.2 Å². The molecule has 0 saturated carbocycles. The molecule has 0 aliphatic carbocycles. The topological polar surface area (TPSA) is 32.6 Å². The first-order valence-electron chi connectivity index (χ1n) is 10.1. The number of rotatable bonds is 2. The number of aromatic hydroxyl groups is 1. The summed E-state index contributed by atoms with van der Waals surface area (Å²) in [6.07, 6.45) is 1.78. The van der Waals surface area contributed by atoms with E-state index < -0.39 is 17.0 Å². The fourth-order valence-corrected chi connectivity index (χ4v) is 2.97. The van der Waals surface area contributed by atoms with Crippen LogP contribution in [0.3, 0.4) is 0 Å². The van der Waals surface area contributed by atoms with E-state index in [0.717, 1.165) is 16.8 Å². The molecule has 0 atom stereocenters. The Kier molecular flexibility index (Phi) is 9.70. The van der Waals surface area contributed by atoms with Crippen LogP contribution in [0, 0.1) is 0 Å².